The van der Waals surface area contributed by atoms with Crippen molar-refractivity contribution >= 4 is 34.4 Å². The molecule has 8 N–H and O–H groups in total. The lowest BCUT2D eigenvalue weighted by Gasteiger charge is -2.21. The Morgan fingerprint density at radius 3 is 2.38 bits per heavy atom. The van der Waals surface area contributed by atoms with Crippen molar-refractivity contribution in [3.8, 4) is 11.3 Å². The second-order valence-corrected chi connectivity index (χ2v) is 8.76. The average molecular weight is 560 g/mol. The predicted octanol–water partition coefficient (Wildman–Crippen LogP) is 5.12. The minimum atomic E-state index is -4.66. The third kappa shape index (κ3) is 7.08. The molecule has 14 heteroatoms. The van der Waals surface area contributed by atoms with Crippen LogP contribution >= 0.6 is 0 Å². The minimum absolute atomic E-state index is 0.0482. The number of amidine groups is 1. The van der Waals surface area contributed by atoms with Crippen LogP contribution in [0.5, 0.6) is 0 Å². The highest BCUT2D eigenvalue weighted by Gasteiger charge is 2.31. The molecule has 0 aliphatic carbocycles. The number of aliphatic imine (C=N–C) groups is 1. The van der Waals surface area contributed by atoms with Crippen molar-refractivity contribution in [3.63, 3.8) is 0 Å². The summed E-state index contributed by atoms with van der Waals surface area (Å²) in [5, 5.41) is 20.3. The molecule has 1 heterocycles. The Hall–Kier alpha value is -4.59. The van der Waals surface area contributed by atoms with E-state index < -0.39 is 35.8 Å². The number of hydrogen-bond donors (Lipinski definition) is 6. The van der Waals surface area contributed by atoms with E-state index in [9.17, 15) is 22.5 Å². The molecule has 0 bridgehead atoms. The van der Waals surface area contributed by atoms with Gasteiger partial charge in [-0.1, -0.05) is 18.2 Å². The zero-order valence-electron chi connectivity index (χ0n) is 21.9. The highest BCUT2D eigenvalue weighted by Crippen LogP contribution is 2.37. The number of rotatable bonds is 11. The van der Waals surface area contributed by atoms with Gasteiger partial charge in [-0.2, -0.15) is 13.2 Å². The summed E-state index contributed by atoms with van der Waals surface area (Å²) < 4.78 is 54.9. The molecule has 0 saturated carbocycles. The summed E-state index contributed by atoms with van der Waals surface area (Å²) in [6.07, 6.45) is -7.29. The molecular weight excluding hydrogens is 530 g/mol. The first-order valence-electron chi connectivity index (χ1n) is 12.0. The molecule has 1 unspecified atom stereocenters. The lowest BCUT2D eigenvalue weighted by molar-refractivity contribution is -0.127. The Kier molecular flexibility index (Phi) is 9.37. The van der Waals surface area contributed by atoms with Crippen LogP contribution in [0.1, 0.15) is 23.6 Å². The van der Waals surface area contributed by atoms with Crippen molar-refractivity contribution in [2.24, 2.45) is 21.6 Å². The van der Waals surface area contributed by atoms with E-state index in [0.717, 1.165) is 23.4 Å². The van der Waals surface area contributed by atoms with Crippen LogP contribution in [0.3, 0.4) is 0 Å². The number of nitrogens with one attached hydrogen (secondary N) is 4. The van der Waals surface area contributed by atoms with Gasteiger partial charge in [0.05, 0.1) is 29.2 Å². The Morgan fingerprint density at radius 1 is 1.10 bits per heavy atom. The number of nitrogens with two attached hydrogens (primary N) is 2. The van der Waals surface area contributed by atoms with Crippen LogP contribution < -0.4 is 27.4 Å². The molecule has 10 nitrogen and oxygen atoms in total. The Bertz CT molecular complexity index is 1440. The molecule has 0 aliphatic heterocycles. The van der Waals surface area contributed by atoms with Gasteiger partial charge in [-0.05, 0) is 47.5 Å². The zero-order chi connectivity index (χ0) is 29.6. The molecule has 1 aromatic heterocycles. The van der Waals surface area contributed by atoms with E-state index in [4.69, 9.17) is 16.9 Å². The Balaban J connectivity index is 2.25. The normalized spacial score (nSPS) is 12.6. The maximum atomic E-state index is 14.6. The smallest absolute Gasteiger partial charge is 0.388 e. The molecule has 1 atom stereocenters. The molecule has 0 saturated heterocycles. The first-order chi connectivity index (χ1) is 18.9. The number of aromatic nitrogens is 1. The fourth-order valence-corrected chi connectivity index (χ4v) is 4.09. The molecule has 0 fully saturated rings. The van der Waals surface area contributed by atoms with E-state index in [2.05, 4.69) is 31.1 Å². The van der Waals surface area contributed by atoms with Crippen molar-refractivity contribution in [2.45, 2.75) is 32.2 Å². The van der Waals surface area contributed by atoms with Crippen molar-refractivity contribution in [2.75, 3.05) is 30.0 Å². The molecule has 3 rings (SSSR count). The SMILES string of the molecule is CNc1ccccc1CNc1nc(-c2cc(F)c(N=O)cc2CC(F)(F)F)cc(NC)c1C(=N)C(N)N=C(C)N. The summed E-state index contributed by atoms with van der Waals surface area (Å²) in [5.74, 6) is -0.886. The number of alkyl halides is 3. The van der Waals surface area contributed by atoms with Gasteiger partial charge in [-0.3, -0.25) is 0 Å². The van der Waals surface area contributed by atoms with Gasteiger partial charge in [0.25, 0.3) is 0 Å². The summed E-state index contributed by atoms with van der Waals surface area (Å²) >= 11 is 0. The van der Waals surface area contributed by atoms with Gasteiger partial charge in [0.2, 0.25) is 0 Å². The van der Waals surface area contributed by atoms with Gasteiger partial charge in [-0.15, -0.1) is 4.91 Å². The molecule has 0 radical (unpaired) electrons. The number of anilines is 3. The molecule has 212 valence electrons. The summed E-state index contributed by atoms with van der Waals surface area (Å²) in [5.41, 5.74) is 12.2. The standard InChI is InChI=1S/C26H29F4N9O/c1-13(31)37-24(33)23(32)22-21(35-3)10-19(38-25(22)36-12-14-6-4-5-7-18(14)34-2)16-9-17(27)20(39-40)8-15(16)11-26(28,29)30/h4-10,24,32,34H,11-12,33H2,1-3H3,(H2,31,37)(H2,35,36,38). The van der Waals surface area contributed by atoms with Crippen molar-refractivity contribution in [1.29, 1.82) is 5.41 Å². The van der Waals surface area contributed by atoms with Crippen molar-refractivity contribution in [1.82, 2.24) is 4.98 Å². The molecule has 3 aromatic rings. The van der Waals surface area contributed by atoms with E-state index in [0.29, 0.717) is 0 Å². The minimum Gasteiger partial charge on any atom is -0.388 e. The number of halogens is 4. The highest BCUT2D eigenvalue weighted by atomic mass is 19.4. The molecule has 0 aliphatic rings. The quantitative estimate of drug-likeness (QED) is 0.0821. The monoisotopic (exact) mass is 559 g/mol. The number of benzene rings is 2. The van der Waals surface area contributed by atoms with E-state index in [1.807, 2.05) is 24.3 Å². The average Bonchev–Trinajstić information content (AvgIpc) is 2.90. The predicted molar refractivity (Wildman–Crippen MR) is 150 cm³/mol. The third-order valence-electron chi connectivity index (χ3n) is 5.87. The first kappa shape index (κ1) is 30.0. The Labute approximate surface area is 227 Å². The van der Waals surface area contributed by atoms with Gasteiger partial charge in [0, 0.05) is 37.6 Å². The lowest BCUT2D eigenvalue weighted by atomic mass is 9.97. The largest absolute Gasteiger partial charge is 0.393 e. The molecule has 0 spiro atoms. The van der Waals surface area contributed by atoms with E-state index in [1.165, 1.54) is 20.0 Å². The van der Waals surface area contributed by atoms with Crippen LogP contribution in [-0.4, -0.2) is 43.0 Å². The molecule has 2 aromatic carbocycles. The molecule has 40 heavy (non-hydrogen) atoms. The first-order valence-corrected chi connectivity index (χ1v) is 12.0. The summed E-state index contributed by atoms with van der Waals surface area (Å²) in [6, 6.07) is 10.3. The third-order valence-corrected chi connectivity index (χ3v) is 5.87. The van der Waals surface area contributed by atoms with Crippen molar-refractivity contribution < 1.29 is 17.6 Å². The number of hydrogen-bond acceptors (Lipinski definition) is 9. The number of nitrogens with zero attached hydrogens (tertiary/aromatic N) is 3. The number of nitroso groups, excluding NO2 is 1. The zero-order valence-corrected chi connectivity index (χ0v) is 21.9. The maximum absolute atomic E-state index is 14.6. The van der Waals surface area contributed by atoms with Crippen LogP contribution in [0.2, 0.25) is 0 Å². The van der Waals surface area contributed by atoms with Gasteiger partial charge >= 0.3 is 6.18 Å². The van der Waals surface area contributed by atoms with E-state index in [-0.39, 0.29) is 46.4 Å². The van der Waals surface area contributed by atoms with Gasteiger partial charge in [-0.25, -0.2) is 14.4 Å². The van der Waals surface area contributed by atoms with Crippen LogP contribution in [-0.2, 0) is 13.0 Å². The van der Waals surface area contributed by atoms with Crippen LogP contribution in [0.4, 0.5) is 40.4 Å². The van der Waals surface area contributed by atoms with Gasteiger partial charge < -0.3 is 32.8 Å². The van der Waals surface area contributed by atoms with Crippen LogP contribution in [0, 0.1) is 16.1 Å². The number of para-hydroxylation sites is 1. The highest BCUT2D eigenvalue weighted by molar-refractivity contribution is 6.11. The van der Waals surface area contributed by atoms with Gasteiger partial charge in [0.15, 0.2) is 5.82 Å². The van der Waals surface area contributed by atoms with E-state index >= 15 is 0 Å². The fourth-order valence-electron chi connectivity index (χ4n) is 4.09. The van der Waals surface area contributed by atoms with Crippen molar-refractivity contribution in [3.05, 3.63) is 69.9 Å². The topological polar surface area (TPSA) is 167 Å². The van der Waals surface area contributed by atoms with Crippen LogP contribution in [0.25, 0.3) is 11.3 Å². The maximum Gasteiger partial charge on any atom is 0.393 e. The summed E-state index contributed by atoms with van der Waals surface area (Å²) in [7, 11) is 3.29. The summed E-state index contributed by atoms with van der Waals surface area (Å²) in [6.45, 7) is 1.71. The Morgan fingerprint density at radius 2 is 1.77 bits per heavy atom. The van der Waals surface area contributed by atoms with E-state index in [1.54, 1.807) is 7.05 Å². The fraction of sp³-hybridized carbons (Fsp3) is 0.269. The molecule has 0 amide bonds. The second-order valence-electron chi connectivity index (χ2n) is 8.76. The lowest BCUT2D eigenvalue weighted by Crippen LogP contribution is -2.32. The number of pyridine rings is 1. The van der Waals surface area contributed by atoms with Crippen LogP contribution in [0.15, 0.2) is 52.6 Å². The molecular formula is C26H29F4N9O. The second kappa shape index (κ2) is 12.5. The summed E-state index contributed by atoms with van der Waals surface area (Å²) in [4.78, 5) is 19.5. The van der Waals surface area contributed by atoms with Gasteiger partial charge in [0.1, 0.15) is 17.7 Å².